The Morgan fingerprint density at radius 2 is 1.71 bits per heavy atom. The molecule has 1 amide bonds. The van der Waals surface area contributed by atoms with Gasteiger partial charge in [-0.05, 0) is 49.8 Å². The molecule has 9 nitrogen and oxygen atoms in total. The number of aliphatic hydroxyl groups is 1. The molecule has 2 heterocycles. The van der Waals surface area contributed by atoms with E-state index in [0.29, 0.717) is 35.5 Å². The van der Waals surface area contributed by atoms with Crippen LogP contribution in [0.5, 0.6) is 0 Å². The molecular formula is C29H32N4O5. The molecule has 0 spiro atoms. The van der Waals surface area contributed by atoms with Crippen molar-refractivity contribution >= 4 is 23.4 Å². The van der Waals surface area contributed by atoms with Crippen LogP contribution < -0.4 is 0 Å². The zero-order valence-corrected chi connectivity index (χ0v) is 22.0. The number of ketones is 1. The molecule has 198 valence electrons. The van der Waals surface area contributed by atoms with Crippen LogP contribution in [0.25, 0.3) is 11.4 Å². The van der Waals surface area contributed by atoms with Gasteiger partial charge in [-0.2, -0.15) is 5.10 Å². The van der Waals surface area contributed by atoms with Crippen LogP contribution in [0.15, 0.2) is 66.4 Å². The molecule has 0 bridgehead atoms. The highest BCUT2D eigenvalue weighted by Crippen LogP contribution is 2.40. The molecule has 3 aromatic rings. The Kier molecular flexibility index (Phi) is 8.07. The second kappa shape index (κ2) is 11.4. The van der Waals surface area contributed by atoms with Gasteiger partial charge in [0.05, 0.1) is 47.4 Å². The van der Waals surface area contributed by atoms with E-state index in [0.717, 1.165) is 18.8 Å². The third kappa shape index (κ3) is 4.97. The van der Waals surface area contributed by atoms with Gasteiger partial charge in [0, 0.05) is 13.1 Å². The van der Waals surface area contributed by atoms with E-state index in [1.807, 2.05) is 44.2 Å². The third-order valence-electron chi connectivity index (χ3n) is 7.00. The Labute approximate surface area is 221 Å². The number of para-hydroxylation sites is 1. The number of Topliss-reactive ketones (excluding diaryl/α,β-unsaturated/α-hetero) is 1. The first-order valence-corrected chi connectivity index (χ1v) is 12.6. The Morgan fingerprint density at radius 1 is 1.05 bits per heavy atom. The molecule has 9 heteroatoms. The van der Waals surface area contributed by atoms with Gasteiger partial charge < -0.3 is 19.6 Å². The maximum Gasteiger partial charge on any atom is 0.337 e. The summed E-state index contributed by atoms with van der Waals surface area (Å²) in [6.45, 7) is 8.34. The van der Waals surface area contributed by atoms with E-state index in [2.05, 4.69) is 10.00 Å². The van der Waals surface area contributed by atoms with Crippen molar-refractivity contribution in [3.8, 4) is 5.69 Å². The zero-order chi connectivity index (χ0) is 27.4. The maximum absolute atomic E-state index is 13.4. The van der Waals surface area contributed by atoms with Gasteiger partial charge in [-0.15, -0.1) is 0 Å². The predicted octanol–water partition coefficient (Wildman–Crippen LogP) is 3.73. The highest BCUT2D eigenvalue weighted by molar-refractivity contribution is 6.46. The van der Waals surface area contributed by atoms with Crippen LogP contribution in [0.1, 0.15) is 47.1 Å². The lowest BCUT2D eigenvalue weighted by atomic mass is 9.94. The van der Waals surface area contributed by atoms with Crippen molar-refractivity contribution in [3.05, 3.63) is 88.8 Å². The number of hydrogen-bond donors (Lipinski definition) is 1. The van der Waals surface area contributed by atoms with Crippen LogP contribution in [0.3, 0.4) is 0 Å². The monoisotopic (exact) mass is 516 g/mol. The number of hydrogen-bond acceptors (Lipinski definition) is 7. The number of aromatic nitrogens is 2. The zero-order valence-electron chi connectivity index (χ0n) is 22.0. The summed E-state index contributed by atoms with van der Waals surface area (Å²) < 4.78 is 6.47. The number of nitrogens with zero attached hydrogens (tertiary/aromatic N) is 4. The highest BCUT2D eigenvalue weighted by atomic mass is 16.5. The summed E-state index contributed by atoms with van der Waals surface area (Å²) in [5, 5.41) is 15.9. The predicted molar refractivity (Wildman–Crippen MR) is 143 cm³/mol. The second-order valence-electron chi connectivity index (χ2n) is 9.02. The van der Waals surface area contributed by atoms with Crippen LogP contribution >= 0.6 is 0 Å². The standard InChI is InChI=1S/C29H32N4O5/c1-5-31(6-2)16-17-32-25(20-12-14-21(15-13-20)29(37)38-4)24(27(35)28(32)36)26(34)23-18-30-33(19(23)3)22-10-8-7-9-11-22/h7-15,18,25,34H,5-6,16-17H2,1-4H3/b26-24+. The van der Waals surface area contributed by atoms with Crippen LogP contribution in [-0.4, -0.2) is 75.6 Å². The van der Waals surface area contributed by atoms with Gasteiger partial charge in [-0.1, -0.05) is 44.2 Å². The lowest BCUT2D eigenvalue weighted by molar-refractivity contribution is -0.140. The number of ether oxygens (including phenoxy) is 1. The molecule has 1 aromatic heterocycles. The Morgan fingerprint density at radius 3 is 2.32 bits per heavy atom. The molecule has 2 aromatic carbocycles. The van der Waals surface area contributed by atoms with Crippen molar-refractivity contribution in [2.75, 3.05) is 33.3 Å². The van der Waals surface area contributed by atoms with Gasteiger partial charge >= 0.3 is 5.97 Å². The van der Waals surface area contributed by atoms with E-state index < -0.39 is 23.7 Å². The van der Waals surface area contributed by atoms with Crippen molar-refractivity contribution < 1.29 is 24.2 Å². The average molecular weight is 517 g/mol. The van der Waals surface area contributed by atoms with Gasteiger partial charge in [0.1, 0.15) is 5.76 Å². The molecule has 38 heavy (non-hydrogen) atoms. The van der Waals surface area contributed by atoms with Crippen LogP contribution in [0.2, 0.25) is 0 Å². The van der Waals surface area contributed by atoms with Crippen molar-refractivity contribution in [1.82, 2.24) is 19.6 Å². The van der Waals surface area contributed by atoms with Gasteiger partial charge in [-0.25, -0.2) is 9.48 Å². The molecule has 4 rings (SSSR count). The molecule has 0 saturated carbocycles. The first-order chi connectivity index (χ1) is 18.3. The SMILES string of the molecule is CCN(CC)CCN1C(=O)C(=O)/C(=C(/O)c2cnn(-c3ccccc3)c2C)C1c1ccc(C(=O)OC)cc1. The fraction of sp³-hybridized carbons (Fsp3) is 0.310. The highest BCUT2D eigenvalue weighted by Gasteiger charge is 2.46. The first kappa shape index (κ1) is 26.8. The van der Waals surface area contributed by atoms with Crippen LogP contribution in [0.4, 0.5) is 0 Å². The number of amides is 1. The summed E-state index contributed by atoms with van der Waals surface area (Å²) in [5.41, 5.74) is 2.74. The van der Waals surface area contributed by atoms with Crippen molar-refractivity contribution in [1.29, 1.82) is 0 Å². The molecule has 1 saturated heterocycles. The van der Waals surface area contributed by atoms with E-state index in [4.69, 9.17) is 4.74 Å². The van der Waals surface area contributed by atoms with E-state index in [9.17, 15) is 19.5 Å². The number of esters is 1. The minimum absolute atomic E-state index is 0.00363. The first-order valence-electron chi connectivity index (χ1n) is 12.6. The summed E-state index contributed by atoms with van der Waals surface area (Å²) in [7, 11) is 1.30. The molecule has 1 atom stereocenters. The van der Waals surface area contributed by atoms with Gasteiger partial charge in [0.2, 0.25) is 0 Å². The second-order valence-corrected chi connectivity index (χ2v) is 9.02. The number of likely N-dealkylation sites (tertiary alicyclic amines) is 1. The Hall–Kier alpha value is -4.24. The van der Waals surface area contributed by atoms with Gasteiger partial charge in [0.25, 0.3) is 11.7 Å². The van der Waals surface area contributed by atoms with E-state index in [1.54, 1.807) is 35.9 Å². The summed E-state index contributed by atoms with van der Waals surface area (Å²) in [6, 6.07) is 15.2. The number of aliphatic hydroxyl groups excluding tert-OH is 1. The van der Waals surface area contributed by atoms with Crippen molar-refractivity contribution in [3.63, 3.8) is 0 Å². The molecule has 0 radical (unpaired) electrons. The summed E-state index contributed by atoms with van der Waals surface area (Å²) >= 11 is 0. The largest absolute Gasteiger partial charge is 0.507 e. The normalized spacial score (nSPS) is 16.9. The average Bonchev–Trinajstić information content (AvgIpc) is 3.45. The molecule has 0 aliphatic carbocycles. The molecule has 1 aliphatic heterocycles. The molecular weight excluding hydrogens is 484 g/mol. The maximum atomic E-state index is 13.4. The Balaban J connectivity index is 1.81. The smallest absolute Gasteiger partial charge is 0.337 e. The lowest BCUT2D eigenvalue weighted by Gasteiger charge is -2.28. The topological polar surface area (TPSA) is 105 Å². The molecule has 1 fully saturated rings. The van der Waals surface area contributed by atoms with Gasteiger partial charge in [0.15, 0.2) is 0 Å². The van der Waals surface area contributed by atoms with Gasteiger partial charge in [-0.3, -0.25) is 9.59 Å². The third-order valence-corrected chi connectivity index (χ3v) is 7.00. The molecule has 1 N–H and O–H groups in total. The number of benzene rings is 2. The molecule has 1 aliphatic rings. The lowest BCUT2D eigenvalue weighted by Crippen LogP contribution is -2.38. The van der Waals surface area contributed by atoms with E-state index in [-0.39, 0.29) is 11.3 Å². The van der Waals surface area contributed by atoms with Crippen LogP contribution in [0, 0.1) is 6.92 Å². The van der Waals surface area contributed by atoms with Crippen molar-refractivity contribution in [2.24, 2.45) is 0 Å². The van der Waals surface area contributed by atoms with E-state index >= 15 is 0 Å². The summed E-state index contributed by atoms with van der Waals surface area (Å²) in [4.78, 5) is 42.3. The fourth-order valence-electron chi connectivity index (χ4n) is 4.78. The van der Waals surface area contributed by atoms with Crippen molar-refractivity contribution in [2.45, 2.75) is 26.8 Å². The summed E-state index contributed by atoms with van der Waals surface area (Å²) in [6.07, 6.45) is 1.50. The number of likely N-dealkylation sites (N-methyl/N-ethyl adjacent to an activating group) is 1. The minimum atomic E-state index is -0.822. The number of rotatable bonds is 9. The Bertz CT molecular complexity index is 1360. The minimum Gasteiger partial charge on any atom is -0.507 e. The van der Waals surface area contributed by atoms with E-state index in [1.165, 1.54) is 18.2 Å². The summed E-state index contributed by atoms with van der Waals surface area (Å²) in [5.74, 6) is -2.20. The number of carbonyl (C=O) groups is 3. The fourth-order valence-corrected chi connectivity index (χ4v) is 4.78. The van der Waals surface area contributed by atoms with Crippen LogP contribution in [-0.2, 0) is 14.3 Å². The number of carbonyl (C=O) groups excluding carboxylic acids is 3. The quantitative estimate of drug-likeness (QED) is 0.200. The molecule has 1 unspecified atom stereocenters. The number of methoxy groups -OCH3 is 1.